The van der Waals surface area contributed by atoms with E-state index >= 15 is 0 Å². The van der Waals surface area contributed by atoms with Crippen LogP contribution in [0.4, 0.5) is 0 Å². The second-order valence-electron chi connectivity index (χ2n) is 6.83. The van der Waals surface area contributed by atoms with Gasteiger partial charge in [0.05, 0.1) is 18.9 Å². The summed E-state index contributed by atoms with van der Waals surface area (Å²) in [6.07, 6.45) is 3.84. The molecule has 140 valence electrons. The highest BCUT2D eigenvalue weighted by molar-refractivity contribution is 6.02. The van der Waals surface area contributed by atoms with Crippen LogP contribution < -0.4 is 9.47 Å². The van der Waals surface area contributed by atoms with E-state index in [1.54, 1.807) is 31.6 Å². The van der Waals surface area contributed by atoms with E-state index in [0.29, 0.717) is 12.2 Å². The Bertz CT molecular complexity index is 1050. The third-order valence-electron chi connectivity index (χ3n) is 5.17. The lowest BCUT2D eigenvalue weighted by Gasteiger charge is -2.38. The monoisotopic (exact) mass is 373 g/mol. The number of ether oxygens (including phenoxy) is 2. The smallest absolute Gasteiger partial charge is 0.214 e. The van der Waals surface area contributed by atoms with Gasteiger partial charge >= 0.3 is 0 Å². The van der Waals surface area contributed by atoms with E-state index in [1.807, 2.05) is 41.4 Å². The van der Waals surface area contributed by atoms with Gasteiger partial charge in [0.2, 0.25) is 6.23 Å². The van der Waals surface area contributed by atoms with Crippen LogP contribution >= 0.6 is 0 Å². The summed E-state index contributed by atoms with van der Waals surface area (Å²) in [5, 5.41) is 16.8. The van der Waals surface area contributed by atoms with Crippen LogP contribution in [0.1, 0.15) is 35.4 Å². The van der Waals surface area contributed by atoms with E-state index in [-0.39, 0.29) is 18.0 Å². The van der Waals surface area contributed by atoms with Crippen molar-refractivity contribution in [3.8, 4) is 17.2 Å². The van der Waals surface area contributed by atoms with Gasteiger partial charge in [-0.15, -0.1) is 0 Å². The summed E-state index contributed by atoms with van der Waals surface area (Å²) in [5.41, 5.74) is 3.84. The van der Waals surface area contributed by atoms with Gasteiger partial charge in [0.25, 0.3) is 0 Å². The third-order valence-corrected chi connectivity index (χ3v) is 5.17. The Labute approximate surface area is 162 Å². The second kappa shape index (κ2) is 6.56. The summed E-state index contributed by atoms with van der Waals surface area (Å²) < 4.78 is 11.9. The third kappa shape index (κ3) is 2.65. The molecule has 0 unspecified atom stereocenters. The molecule has 5 rings (SSSR count). The zero-order valence-corrected chi connectivity index (χ0v) is 15.3. The van der Waals surface area contributed by atoms with E-state index in [2.05, 4.69) is 11.1 Å². The fraction of sp³-hybridized carbons (Fsp3) is 0.182. The maximum atomic E-state index is 9.87. The normalized spacial score (nSPS) is 20.0. The lowest BCUT2D eigenvalue weighted by Crippen LogP contribution is -2.33. The first-order chi connectivity index (χ1) is 13.7. The van der Waals surface area contributed by atoms with Crippen molar-refractivity contribution < 1.29 is 14.6 Å². The molecule has 0 saturated carbocycles. The highest BCUT2D eigenvalue weighted by atomic mass is 16.5. The number of methoxy groups -OCH3 is 1. The van der Waals surface area contributed by atoms with Gasteiger partial charge in [0.1, 0.15) is 5.75 Å². The molecular weight excluding hydrogens is 354 g/mol. The Morgan fingerprint density at radius 2 is 1.93 bits per heavy atom. The summed E-state index contributed by atoms with van der Waals surface area (Å²) >= 11 is 0. The van der Waals surface area contributed by atoms with Crippen molar-refractivity contribution in [1.29, 1.82) is 0 Å². The van der Waals surface area contributed by atoms with Gasteiger partial charge in [0, 0.05) is 35.5 Å². The molecule has 6 heteroatoms. The first kappa shape index (κ1) is 16.6. The summed E-state index contributed by atoms with van der Waals surface area (Å²) in [7, 11) is 1.65. The van der Waals surface area contributed by atoms with Crippen LogP contribution in [0.25, 0.3) is 0 Å². The number of rotatable bonds is 3. The van der Waals surface area contributed by atoms with Crippen molar-refractivity contribution in [3.05, 3.63) is 83.7 Å². The quantitative estimate of drug-likeness (QED) is 0.751. The second-order valence-corrected chi connectivity index (χ2v) is 6.83. The summed E-state index contributed by atoms with van der Waals surface area (Å²) in [6, 6.07) is 17.0. The predicted octanol–water partition coefficient (Wildman–Crippen LogP) is 4.04. The molecule has 6 nitrogen and oxygen atoms in total. The number of aromatic hydroxyl groups is 1. The fourth-order valence-electron chi connectivity index (χ4n) is 3.85. The lowest BCUT2D eigenvalue weighted by atomic mass is 9.95. The molecule has 0 fully saturated rings. The van der Waals surface area contributed by atoms with Crippen molar-refractivity contribution in [2.75, 3.05) is 7.11 Å². The van der Waals surface area contributed by atoms with Gasteiger partial charge in [-0.25, -0.2) is 5.01 Å². The number of phenols is 1. The van der Waals surface area contributed by atoms with Gasteiger partial charge in [-0.1, -0.05) is 24.3 Å². The van der Waals surface area contributed by atoms with Crippen molar-refractivity contribution in [3.63, 3.8) is 0 Å². The van der Waals surface area contributed by atoms with Crippen LogP contribution in [0.15, 0.2) is 72.1 Å². The number of fused-ring (bicyclic) bond motifs is 3. The maximum Gasteiger partial charge on any atom is 0.214 e. The van der Waals surface area contributed by atoms with Gasteiger partial charge in [0.15, 0.2) is 11.5 Å². The van der Waals surface area contributed by atoms with Gasteiger partial charge < -0.3 is 14.6 Å². The minimum absolute atomic E-state index is 0.0226. The van der Waals surface area contributed by atoms with Gasteiger partial charge in [-0.2, -0.15) is 5.10 Å². The minimum atomic E-state index is -0.383. The van der Waals surface area contributed by atoms with Crippen LogP contribution in [0.5, 0.6) is 17.2 Å². The first-order valence-corrected chi connectivity index (χ1v) is 9.13. The summed E-state index contributed by atoms with van der Waals surface area (Å²) in [4.78, 5) is 4.11. The molecule has 2 aromatic carbocycles. The van der Waals surface area contributed by atoms with Crippen molar-refractivity contribution in [2.24, 2.45) is 5.10 Å². The van der Waals surface area contributed by atoms with Crippen molar-refractivity contribution in [2.45, 2.75) is 18.7 Å². The van der Waals surface area contributed by atoms with E-state index in [9.17, 15) is 5.11 Å². The minimum Gasteiger partial charge on any atom is -0.508 e. The largest absolute Gasteiger partial charge is 0.508 e. The zero-order valence-electron chi connectivity index (χ0n) is 15.3. The van der Waals surface area contributed by atoms with Gasteiger partial charge in [-0.3, -0.25) is 4.98 Å². The average Bonchev–Trinajstić information content (AvgIpc) is 3.19. The van der Waals surface area contributed by atoms with E-state index in [1.165, 1.54) is 0 Å². The number of benzene rings is 2. The number of hydrazone groups is 1. The molecule has 28 heavy (non-hydrogen) atoms. The topological polar surface area (TPSA) is 67.2 Å². The number of hydrogen-bond donors (Lipinski definition) is 1. The first-order valence-electron chi connectivity index (χ1n) is 9.13. The summed E-state index contributed by atoms with van der Waals surface area (Å²) in [5.74, 6) is 1.69. The molecule has 0 spiro atoms. The highest BCUT2D eigenvalue weighted by Crippen LogP contribution is 2.50. The van der Waals surface area contributed by atoms with E-state index < -0.39 is 0 Å². The molecular formula is C22H19N3O3. The molecule has 0 bridgehead atoms. The molecule has 3 aromatic rings. The Morgan fingerprint density at radius 1 is 1.11 bits per heavy atom. The molecule has 1 N–H and O–H groups in total. The molecule has 2 aliphatic heterocycles. The Hall–Kier alpha value is -3.54. The number of phenolic OH excluding ortho intramolecular Hbond substituents is 1. The Morgan fingerprint density at radius 3 is 2.71 bits per heavy atom. The Kier molecular flexibility index (Phi) is 3.90. The molecule has 1 aromatic heterocycles. The maximum absolute atomic E-state index is 9.87. The molecule has 2 aliphatic rings. The predicted molar refractivity (Wildman–Crippen MR) is 104 cm³/mol. The highest BCUT2D eigenvalue weighted by Gasteiger charge is 2.42. The number of para-hydroxylation sites is 1. The summed E-state index contributed by atoms with van der Waals surface area (Å²) in [6.45, 7) is 0. The molecule has 3 heterocycles. The van der Waals surface area contributed by atoms with Gasteiger partial charge in [-0.05, 0) is 30.3 Å². The average molecular weight is 373 g/mol. The lowest BCUT2D eigenvalue weighted by molar-refractivity contribution is -0.0209. The Balaban J connectivity index is 1.63. The van der Waals surface area contributed by atoms with Crippen LogP contribution in [-0.4, -0.2) is 27.9 Å². The van der Waals surface area contributed by atoms with Crippen molar-refractivity contribution in [1.82, 2.24) is 9.99 Å². The number of aromatic nitrogens is 1. The standard InChI is InChI=1S/C22H19N3O3/c1-27-20-7-3-6-17-19-13-18(15-4-2-5-16(26)12-15)24-25(19)22(28-21(17)20)14-8-10-23-11-9-14/h2-12,19,22,26H,13H2,1H3/t19-,22+/m0/s1. The number of nitrogens with zero attached hydrogens (tertiary/aromatic N) is 3. The van der Waals surface area contributed by atoms with Crippen LogP contribution in [0.3, 0.4) is 0 Å². The fourth-order valence-corrected chi connectivity index (χ4v) is 3.85. The van der Waals surface area contributed by atoms with E-state index in [0.717, 1.165) is 28.2 Å². The molecule has 0 saturated heterocycles. The van der Waals surface area contributed by atoms with Crippen LogP contribution in [0.2, 0.25) is 0 Å². The van der Waals surface area contributed by atoms with E-state index in [4.69, 9.17) is 14.6 Å². The van der Waals surface area contributed by atoms with Crippen LogP contribution in [0, 0.1) is 0 Å². The molecule has 0 radical (unpaired) electrons. The van der Waals surface area contributed by atoms with Crippen molar-refractivity contribution >= 4 is 5.71 Å². The SMILES string of the molecule is COc1cccc2c1O[C@H](c1ccncc1)N1N=C(c3cccc(O)c3)C[C@@H]21. The molecule has 2 atom stereocenters. The zero-order chi connectivity index (χ0) is 19.1. The number of hydrogen-bond acceptors (Lipinski definition) is 6. The molecule has 0 aliphatic carbocycles. The molecule has 0 amide bonds. The number of pyridine rings is 1. The van der Waals surface area contributed by atoms with Crippen LogP contribution in [-0.2, 0) is 0 Å².